The molecule has 1 saturated carbocycles. The van der Waals surface area contributed by atoms with E-state index in [9.17, 15) is 5.26 Å². The zero-order valence-corrected chi connectivity index (χ0v) is 14.2. The molecule has 1 aliphatic rings. The van der Waals surface area contributed by atoms with E-state index in [-0.39, 0.29) is 10.5 Å². The van der Waals surface area contributed by atoms with Gasteiger partial charge in [-0.3, -0.25) is 0 Å². The van der Waals surface area contributed by atoms with Gasteiger partial charge in [0.25, 0.3) is 0 Å². The highest BCUT2D eigenvalue weighted by Crippen LogP contribution is 2.54. The highest BCUT2D eigenvalue weighted by molar-refractivity contribution is 6.74. The monoisotopic (exact) mass is 287 g/mol. The molecule has 2 rings (SSSR count). The number of nitrogens with zero attached hydrogens (tertiary/aromatic N) is 1. The van der Waals surface area contributed by atoms with Crippen molar-refractivity contribution >= 4 is 8.32 Å². The molecule has 0 amide bonds. The first-order chi connectivity index (χ1) is 9.23. The molecule has 1 aliphatic carbocycles. The lowest BCUT2D eigenvalue weighted by atomic mass is 9.95. The molecule has 0 bridgehead atoms. The standard InChI is InChI=1S/C17H25NOSi/c1-16(2,3)20(4,5)19-12-15-11-17(15,13-18)14-9-7-6-8-10-14/h6-10,15H,11-12H2,1-5H3/t15-,17-/m1/s1. The summed E-state index contributed by atoms with van der Waals surface area (Å²) in [5, 5.41) is 9.80. The van der Waals surface area contributed by atoms with Crippen molar-refractivity contribution in [3.63, 3.8) is 0 Å². The summed E-state index contributed by atoms with van der Waals surface area (Å²) >= 11 is 0. The molecular weight excluding hydrogens is 262 g/mol. The fourth-order valence-electron chi connectivity index (χ4n) is 2.35. The highest BCUT2D eigenvalue weighted by Gasteiger charge is 2.56. The fourth-order valence-corrected chi connectivity index (χ4v) is 3.40. The Labute approximate surface area is 123 Å². The minimum atomic E-state index is -1.71. The minimum Gasteiger partial charge on any atom is -0.416 e. The third-order valence-corrected chi connectivity index (χ3v) is 9.55. The zero-order chi connectivity index (χ0) is 15.0. The van der Waals surface area contributed by atoms with Gasteiger partial charge in [-0.2, -0.15) is 5.26 Å². The number of hydrogen-bond acceptors (Lipinski definition) is 2. The van der Waals surface area contributed by atoms with Crippen molar-refractivity contribution in [3.05, 3.63) is 35.9 Å². The van der Waals surface area contributed by atoms with Crippen LogP contribution in [0.1, 0.15) is 32.8 Å². The molecule has 0 aliphatic heterocycles. The third kappa shape index (κ3) is 2.68. The maximum absolute atomic E-state index is 9.58. The summed E-state index contributed by atoms with van der Waals surface area (Å²) in [5.74, 6) is 0.351. The number of benzene rings is 1. The lowest BCUT2D eigenvalue weighted by molar-refractivity contribution is 0.265. The Morgan fingerprint density at radius 3 is 2.40 bits per heavy atom. The first-order valence-electron chi connectivity index (χ1n) is 7.34. The quantitative estimate of drug-likeness (QED) is 0.764. The molecule has 2 nitrogen and oxygen atoms in total. The van der Waals surface area contributed by atoms with Gasteiger partial charge in [0.05, 0.1) is 11.5 Å². The van der Waals surface area contributed by atoms with Gasteiger partial charge in [0.1, 0.15) is 0 Å². The van der Waals surface area contributed by atoms with Crippen LogP contribution in [-0.4, -0.2) is 14.9 Å². The van der Waals surface area contributed by atoms with E-state index in [1.165, 1.54) is 0 Å². The lowest BCUT2D eigenvalue weighted by Crippen LogP contribution is -2.41. The van der Waals surface area contributed by atoms with Crippen LogP contribution >= 0.6 is 0 Å². The molecule has 0 saturated heterocycles. The van der Waals surface area contributed by atoms with Crippen LogP contribution in [0.2, 0.25) is 18.1 Å². The van der Waals surface area contributed by atoms with Crippen LogP contribution in [0.15, 0.2) is 30.3 Å². The predicted molar refractivity (Wildman–Crippen MR) is 85.0 cm³/mol. The van der Waals surface area contributed by atoms with E-state index in [1.54, 1.807) is 0 Å². The van der Waals surface area contributed by atoms with Gasteiger partial charge in [0, 0.05) is 12.5 Å². The summed E-state index contributed by atoms with van der Waals surface area (Å²) in [6.45, 7) is 12.0. The fraction of sp³-hybridized carbons (Fsp3) is 0.588. The van der Waals surface area contributed by atoms with Gasteiger partial charge in [-0.1, -0.05) is 51.1 Å². The second-order valence-electron chi connectivity index (χ2n) is 7.42. The highest BCUT2D eigenvalue weighted by atomic mass is 28.4. The van der Waals surface area contributed by atoms with E-state index in [0.717, 1.165) is 18.6 Å². The SMILES string of the molecule is CC(C)(C)[Si](C)(C)OC[C@H]1C[C@@]1(C#N)c1ccccc1. The van der Waals surface area contributed by atoms with Gasteiger partial charge in [-0.05, 0) is 30.1 Å². The van der Waals surface area contributed by atoms with Crippen LogP contribution in [0.4, 0.5) is 0 Å². The van der Waals surface area contributed by atoms with Crippen molar-refractivity contribution < 1.29 is 4.43 Å². The Bertz CT molecular complexity index is 512. The van der Waals surface area contributed by atoms with Gasteiger partial charge >= 0.3 is 0 Å². The normalized spacial score (nSPS) is 26.1. The van der Waals surface area contributed by atoms with Crippen molar-refractivity contribution in [1.29, 1.82) is 5.26 Å². The van der Waals surface area contributed by atoms with Crippen molar-refractivity contribution in [2.75, 3.05) is 6.61 Å². The largest absolute Gasteiger partial charge is 0.416 e. The van der Waals surface area contributed by atoms with E-state index < -0.39 is 8.32 Å². The Morgan fingerprint density at radius 1 is 1.30 bits per heavy atom. The first kappa shape index (κ1) is 15.3. The molecule has 1 aromatic rings. The van der Waals surface area contributed by atoms with Gasteiger partial charge in [-0.15, -0.1) is 0 Å². The van der Waals surface area contributed by atoms with Gasteiger partial charge in [0.15, 0.2) is 8.32 Å². The van der Waals surface area contributed by atoms with Crippen LogP contribution in [-0.2, 0) is 9.84 Å². The van der Waals surface area contributed by atoms with Gasteiger partial charge in [-0.25, -0.2) is 0 Å². The maximum Gasteiger partial charge on any atom is 0.191 e. The molecule has 108 valence electrons. The Kier molecular flexibility index (Phi) is 3.83. The number of rotatable bonds is 4. The summed E-state index contributed by atoms with van der Waals surface area (Å²) in [7, 11) is -1.71. The van der Waals surface area contributed by atoms with Crippen LogP contribution < -0.4 is 0 Å². The zero-order valence-electron chi connectivity index (χ0n) is 13.2. The Morgan fingerprint density at radius 2 is 1.90 bits per heavy atom. The van der Waals surface area contributed by atoms with E-state index >= 15 is 0 Å². The topological polar surface area (TPSA) is 33.0 Å². The van der Waals surface area contributed by atoms with E-state index in [2.05, 4.69) is 52.1 Å². The lowest BCUT2D eigenvalue weighted by Gasteiger charge is -2.36. The van der Waals surface area contributed by atoms with Crippen molar-refractivity contribution in [1.82, 2.24) is 0 Å². The second kappa shape index (κ2) is 5.02. The maximum atomic E-state index is 9.58. The number of nitriles is 1. The number of hydrogen-bond donors (Lipinski definition) is 0. The summed E-state index contributed by atoms with van der Waals surface area (Å²) in [4.78, 5) is 0. The smallest absolute Gasteiger partial charge is 0.191 e. The second-order valence-corrected chi connectivity index (χ2v) is 12.2. The van der Waals surface area contributed by atoms with Crippen LogP contribution in [0.3, 0.4) is 0 Å². The van der Waals surface area contributed by atoms with Crippen LogP contribution in [0.25, 0.3) is 0 Å². The van der Waals surface area contributed by atoms with Crippen molar-refractivity contribution in [3.8, 4) is 6.07 Å². The Hall–Kier alpha value is -1.11. The van der Waals surface area contributed by atoms with Gasteiger partial charge < -0.3 is 4.43 Å². The summed E-state index contributed by atoms with van der Waals surface area (Å²) < 4.78 is 6.28. The molecule has 1 aromatic carbocycles. The summed E-state index contributed by atoms with van der Waals surface area (Å²) in [5.41, 5.74) is 0.843. The van der Waals surface area contributed by atoms with Crippen LogP contribution in [0.5, 0.6) is 0 Å². The molecule has 20 heavy (non-hydrogen) atoms. The molecule has 0 heterocycles. The minimum absolute atomic E-state index is 0.226. The van der Waals surface area contributed by atoms with Crippen LogP contribution in [0, 0.1) is 17.2 Å². The first-order valence-corrected chi connectivity index (χ1v) is 10.2. The molecule has 0 N–H and O–H groups in total. The molecule has 0 spiro atoms. The molecule has 0 unspecified atom stereocenters. The predicted octanol–water partition coefficient (Wildman–Crippen LogP) is 4.49. The molecule has 0 radical (unpaired) electrons. The molecule has 0 aromatic heterocycles. The van der Waals surface area contributed by atoms with E-state index in [1.807, 2.05) is 18.2 Å². The average Bonchev–Trinajstić information content (AvgIpc) is 3.11. The average molecular weight is 287 g/mol. The molecule has 3 heteroatoms. The van der Waals surface area contributed by atoms with E-state index in [0.29, 0.717) is 5.92 Å². The van der Waals surface area contributed by atoms with E-state index in [4.69, 9.17) is 4.43 Å². The Balaban J connectivity index is 2.03. The molecule has 1 fully saturated rings. The van der Waals surface area contributed by atoms with Crippen molar-refractivity contribution in [2.45, 2.75) is 50.7 Å². The summed E-state index contributed by atoms with van der Waals surface area (Å²) in [6.07, 6.45) is 0.933. The molecule has 2 atom stereocenters. The van der Waals surface area contributed by atoms with Crippen molar-refractivity contribution in [2.24, 2.45) is 5.92 Å². The summed E-state index contributed by atoms with van der Waals surface area (Å²) in [6, 6.07) is 12.7. The molecular formula is C17H25NOSi. The third-order valence-electron chi connectivity index (χ3n) is 5.05. The van der Waals surface area contributed by atoms with Gasteiger partial charge in [0.2, 0.25) is 0 Å².